The van der Waals surface area contributed by atoms with Gasteiger partial charge in [0.2, 0.25) is 10.0 Å². The Kier molecular flexibility index (Phi) is 6.48. The Hall–Kier alpha value is -1.27. The molecule has 0 aliphatic carbocycles. The van der Waals surface area contributed by atoms with Crippen molar-refractivity contribution in [2.75, 3.05) is 24.2 Å². The van der Waals surface area contributed by atoms with Gasteiger partial charge in [0.25, 0.3) is 0 Å². The van der Waals surface area contributed by atoms with E-state index >= 15 is 0 Å². The molecule has 0 saturated carbocycles. The van der Waals surface area contributed by atoms with E-state index in [9.17, 15) is 8.42 Å². The molecule has 0 fully saturated rings. The summed E-state index contributed by atoms with van der Waals surface area (Å²) >= 11 is 0. The molecule has 0 atom stereocenters. The second-order valence-electron chi connectivity index (χ2n) is 5.42. The van der Waals surface area contributed by atoms with Gasteiger partial charge in [-0.05, 0) is 45.5 Å². The summed E-state index contributed by atoms with van der Waals surface area (Å²) in [6.45, 7) is 7.37. The van der Waals surface area contributed by atoms with E-state index in [2.05, 4.69) is 30.4 Å². The van der Waals surface area contributed by atoms with Gasteiger partial charge in [-0.1, -0.05) is 19.8 Å². The van der Waals surface area contributed by atoms with Gasteiger partial charge in [-0.3, -0.25) is 0 Å². The quantitative estimate of drug-likeness (QED) is 0.571. The molecule has 1 aromatic carbocycles. The topological polar surface area (TPSA) is 75.4 Å². The molecule has 0 aliphatic heterocycles. The first-order valence-corrected chi connectivity index (χ1v) is 8.91. The molecule has 5 nitrogen and oxygen atoms in total. The zero-order valence-corrected chi connectivity index (χ0v) is 14.2. The maximum Gasteiger partial charge on any atom is 0.242 e. The summed E-state index contributed by atoms with van der Waals surface area (Å²) in [6, 6.07) is 5.49. The third-order valence-electron chi connectivity index (χ3n) is 3.51. The van der Waals surface area contributed by atoms with Crippen molar-refractivity contribution in [2.45, 2.75) is 51.0 Å². The fourth-order valence-electron chi connectivity index (χ4n) is 2.29. The third-order valence-corrected chi connectivity index (χ3v) is 5.00. The van der Waals surface area contributed by atoms with Crippen LogP contribution in [-0.2, 0) is 10.0 Å². The number of anilines is 2. The van der Waals surface area contributed by atoms with Crippen LogP contribution >= 0.6 is 0 Å². The highest BCUT2D eigenvalue weighted by Gasteiger charge is 2.17. The summed E-state index contributed by atoms with van der Waals surface area (Å²) in [6.07, 6.45) is 3.48. The third kappa shape index (κ3) is 4.61. The van der Waals surface area contributed by atoms with E-state index in [1.54, 1.807) is 12.1 Å². The van der Waals surface area contributed by atoms with E-state index in [1.807, 2.05) is 6.07 Å². The Bertz CT molecular complexity index is 556. The molecular weight excluding hydrogens is 286 g/mol. The van der Waals surface area contributed by atoms with Gasteiger partial charge >= 0.3 is 0 Å². The van der Waals surface area contributed by atoms with Crippen LogP contribution in [-0.4, -0.2) is 28.1 Å². The molecule has 0 saturated heterocycles. The number of nitrogen functional groups attached to an aromatic ring is 1. The monoisotopic (exact) mass is 313 g/mol. The van der Waals surface area contributed by atoms with Crippen molar-refractivity contribution < 1.29 is 8.42 Å². The van der Waals surface area contributed by atoms with Gasteiger partial charge in [0.1, 0.15) is 4.90 Å². The number of hydrogen-bond donors (Lipinski definition) is 2. The van der Waals surface area contributed by atoms with Gasteiger partial charge in [0.15, 0.2) is 0 Å². The van der Waals surface area contributed by atoms with Gasteiger partial charge < -0.3 is 10.6 Å². The number of nitrogens with one attached hydrogen (secondary N) is 1. The molecule has 0 bridgehead atoms. The lowest BCUT2D eigenvalue weighted by Gasteiger charge is -2.29. The predicted octanol–water partition coefficient (Wildman–Crippen LogP) is 2.58. The summed E-state index contributed by atoms with van der Waals surface area (Å²) in [7, 11) is -2.12. The number of nitrogens with zero attached hydrogens (tertiary/aromatic N) is 1. The van der Waals surface area contributed by atoms with E-state index in [-0.39, 0.29) is 10.6 Å². The highest BCUT2D eigenvalue weighted by molar-refractivity contribution is 7.89. The molecule has 0 heterocycles. The zero-order chi connectivity index (χ0) is 16.0. The van der Waals surface area contributed by atoms with Crippen LogP contribution in [0.2, 0.25) is 0 Å². The molecule has 0 aliphatic rings. The molecule has 1 aromatic rings. The van der Waals surface area contributed by atoms with Crippen LogP contribution in [0.1, 0.15) is 40.0 Å². The normalized spacial score (nSPS) is 11.9. The maximum atomic E-state index is 11.8. The largest absolute Gasteiger partial charge is 0.398 e. The molecule has 1 rings (SSSR count). The summed E-state index contributed by atoms with van der Waals surface area (Å²) in [4.78, 5) is 2.38. The highest BCUT2D eigenvalue weighted by Crippen LogP contribution is 2.26. The molecule has 120 valence electrons. The number of unbranched alkanes of at least 4 members (excludes halogenated alkanes) is 2. The smallest absolute Gasteiger partial charge is 0.242 e. The minimum atomic E-state index is -3.51. The van der Waals surface area contributed by atoms with E-state index in [1.165, 1.54) is 19.9 Å². The number of rotatable bonds is 8. The van der Waals surface area contributed by atoms with Gasteiger partial charge in [-0.25, -0.2) is 13.1 Å². The molecule has 0 aromatic heterocycles. The fraction of sp³-hybridized carbons (Fsp3) is 0.600. The second-order valence-corrected chi connectivity index (χ2v) is 7.28. The first kappa shape index (κ1) is 17.8. The van der Waals surface area contributed by atoms with Crippen molar-refractivity contribution >= 4 is 21.4 Å². The molecule has 0 spiro atoms. The lowest BCUT2D eigenvalue weighted by molar-refractivity contribution is 0.588. The van der Waals surface area contributed by atoms with Gasteiger partial charge in [-0.2, -0.15) is 0 Å². The SMILES string of the molecule is CCCCCN(c1ccc(S(=O)(=O)NC)c(N)c1)C(C)C. The molecule has 0 unspecified atom stereocenters. The molecule has 3 N–H and O–H groups in total. The minimum absolute atomic E-state index is 0.131. The number of benzene rings is 1. The Balaban J connectivity index is 3.04. The summed E-state index contributed by atoms with van der Waals surface area (Å²) in [5.41, 5.74) is 7.18. The van der Waals surface area contributed by atoms with Gasteiger partial charge in [0, 0.05) is 18.3 Å². The van der Waals surface area contributed by atoms with Crippen molar-refractivity contribution in [3.63, 3.8) is 0 Å². The highest BCUT2D eigenvalue weighted by atomic mass is 32.2. The van der Waals surface area contributed by atoms with Crippen molar-refractivity contribution in [3.8, 4) is 0 Å². The number of hydrogen-bond acceptors (Lipinski definition) is 4. The molecule has 21 heavy (non-hydrogen) atoms. The Morgan fingerprint density at radius 3 is 2.43 bits per heavy atom. The first-order chi connectivity index (χ1) is 9.83. The Morgan fingerprint density at radius 1 is 1.29 bits per heavy atom. The molecule has 0 amide bonds. The first-order valence-electron chi connectivity index (χ1n) is 7.43. The van der Waals surface area contributed by atoms with E-state index < -0.39 is 10.0 Å². The lowest BCUT2D eigenvalue weighted by atomic mass is 10.2. The maximum absolute atomic E-state index is 11.8. The Morgan fingerprint density at radius 2 is 1.95 bits per heavy atom. The van der Waals surface area contributed by atoms with Crippen LogP contribution in [0.15, 0.2) is 23.1 Å². The number of nitrogens with two attached hydrogens (primary N) is 1. The molecular formula is C15H27N3O2S. The molecule has 6 heteroatoms. The molecule has 0 radical (unpaired) electrons. The Labute approximate surface area is 128 Å². The van der Waals surface area contributed by atoms with Crippen LogP contribution in [0.4, 0.5) is 11.4 Å². The standard InChI is InChI=1S/C15H27N3O2S/c1-5-6-7-10-18(12(2)3)13-8-9-15(14(16)11-13)21(19,20)17-4/h8-9,11-12,17H,5-7,10,16H2,1-4H3. The van der Waals surface area contributed by atoms with Crippen LogP contribution in [0.5, 0.6) is 0 Å². The van der Waals surface area contributed by atoms with Gasteiger partial charge in [-0.15, -0.1) is 0 Å². The van der Waals surface area contributed by atoms with Crippen LogP contribution < -0.4 is 15.4 Å². The summed E-state index contributed by atoms with van der Waals surface area (Å²) in [5, 5.41) is 0. The average molecular weight is 313 g/mol. The van der Waals surface area contributed by atoms with Crippen molar-refractivity contribution in [1.82, 2.24) is 4.72 Å². The second kappa shape index (κ2) is 7.66. The summed E-state index contributed by atoms with van der Waals surface area (Å²) in [5.74, 6) is 0. The van der Waals surface area contributed by atoms with Crippen molar-refractivity contribution in [3.05, 3.63) is 18.2 Å². The zero-order valence-electron chi connectivity index (χ0n) is 13.4. The van der Waals surface area contributed by atoms with Gasteiger partial charge in [0.05, 0.1) is 5.69 Å². The van der Waals surface area contributed by atoms with E-state index in [0.29, 0.717) is 6.04 Å². The average Bonchev–Trinajstić information content (AvgIpc) is 2.42. The van der Waals surface area contributed by atoms with Crippen LogP contribution in [0, 0.1) is 0 Å². The van der Waals surface area contributed by atoms with Crippen LogP contribution in [0.25, 0.3) is 0 Å². The summed E-state index contributed by atoms with van der Waals surface area (Å²) < 4.78 is 26.0. The van der Waals surface area contributed by atoms with Crippen molar-refractivity contribution in [1.29, 1.82) is 0 Å². The van der Waals surface area contributed by atoms with E-state index in [4.69, 9.17) is 5.73 Å². The van der Waals surface area contributed by atoms with Crippen LogP contribution in [0.3, 0.4) is 0 Å². The van der Waals surface area contributed by atoms with Crippen molar-refractivity contribution in [2.24, 2.45) is 0 Å². The fourth-order valence-corrected chi connectivity index (χ4v) is 3.12. The predicted molar refractivity (Wildman–Crippen MR) is 89.1 cm³/mol. The minimum Gasteiger partial charge on any atom is -0.398 e. The van der Waals surface area contributed by atoms with E-state index in [0.717, 1.165) is 18.7 Å². The lowest BCUT2D eigenvalue weighted by Crippen LogP contribution is -2.32. The number of sulfonamides is 1.